The Morgan fingerprint density at radius 2 is 2.07 bits per heavy atom. The maximum atomic E-state index is 2.31. The van der Waals surface area contributed by atoms with Crippen LogP contribution in [0.3, 0.4) is 0 Å². The smallest absolute Gasteiger partial charge is 0.0345 e. The van der Waals surface area contributed by atoms with Crippen LogP contribution in [0, 0.1) is 6.92 Å². The Kier molecular flexibility index (Phi) is 3.22. The van der Waals surface area contributed by atoms with Gasteiger partial charge in [0, 0.05) is 9.75 Å². The lowest BCUT2D eigenvalue weighted by molar-refractivity contribution is 0.977. The zero-order valence-corrected chi connectivity index (χ0v) is 10.1. The van der Waals surface area contributed by atoms with E-state index in [1.54, 1.807) is 0 Å². The van der Waals surface area contributed by atoms with Crippen LogP contribution in [-0.2, 0) is 0 Å². The van der Waals surface area contributed by atoms with E-state index in [0.717, 1.165) is 6.42 Å². The molecule has 2 rings (SSSR count). The summed E-state index contributed by atoms with van der Waals surface area (Å²) in [7, 11) is 0. The first-order chi connectivity index (χ1) is 7.25. The summed E-state index contributed by atoms with van der Waals surface area (Å²) in [6.07, 6.45) is 11.3. The Bertz CT molecular complexity index is 430. The van der Waals surface area contributed by atoms with Gasteiger partial charge in [0.05, 0.1) is 0 Å². The standard InChI is InChI=1S/C14H16S/c1-11-6-4-3-5-7-13(10-11)14-9-8-12(2)15-14/h3,5,7-10H,4,6H2,1-2H3. The molecule has 1 heterocycles. The zero-order valence-electron chi connectivity index (χ0n) is 9.29. The summed E-state index contributed by atoms with van der Waals surface area (Å²) in [6.45, 7) is 4.37. The summed E-state index contributed by atoms with van der Waals surface area (Å²) in [6, 6.07) is 4.40. The number of hydrogen-bond acceptors (Lipinski definition) is 1. The van der Waals surface area contributed by atoms with Crippen LogP contribution in [0.2, 0.25) is 0 Å². The summed E-state index contributed by atoms with van der Waals surface area (Å²) in [5.41, 5.74) is 2.82. The molecule has 0 spiro atoms. The Balaban J connectivity index is 2.37. The van der Waals surface area contributed by atoms with Crippen molar-refractivity contribution in [1.82, 2.24) is 0 Å². The molecule has 0 saturated carbocycles. The molecular formula is C14H16S. The van der Waals surface area contributed by atoms with Crippen molar-refractivity contribution in [3.8, 4) is 0 Å². The average molecular weight is 216 g/mol. The first kappa shape index (κ1) is 10.4. The minimum Gasteiger partial charge on any atom is -0.141 e. The van der Waals surface area contributed by atoms with E-state index in [2.05, 4.69) is 50.3 Å². The molecule has 0 unspecified atom stereocenters. The van der Waals surface area contributed by atoms with Crippen molar-refractivity contribution in [2.75, 3.05) is 0 Å². The Morgan fingerprint density at radius 3 is 2.80 bits per heavy atom. The molecule has 0 bridgehead atoms. The van der Waals surface area contributed by atoms with Crippen molar-refractivity contribution in [1.29, 1.82) is 0 Å². The van der Waals surface area contributed by atoms with E-state index < -0.39 is 0 Å². The zero-order chi connectivity index (χ0) is 10.7. The van der Waals surface area contributed by atoms with Gasteiger partial charge < -0.3 is 0 Å². The predicted octanol–water partition coefficient (Wildman–Crippen LogP) is 4.74. The van der Waals surface area contributed by atoms with Gasteiger partial charge in [0.1, 0.15) is 0 Å². The van der Waals surface area contributed by atoms with Gasteiger partial charge in [0.25, 0.3) is 0 Å². The van der Waals surface area contributed by atoms with E-state index in [4.69, 9.17) is 0 Å². The first-order valence-corrected chi connectivity index (χ1v) is 6.18. The van der Waals surface area contributed by atoms with Crippen molar-refractivity contribution in [2.24, 2.45) is 0 Å². The van der Waals surface area contributed by atoms with Gasteiger partial charge in [-0.2, -0.15) is 0 Å². The molecular weight excluding hydrogens is 200 g/mol. The summed E-state index contributed by atoms with van der Waals surface area (Å²) < 4.78 is 0. The van der Waals surface area contributed by atoms with Gasteiger partial charge in [-0.3, -0.25) is 0 Å². The first-order valence-electron chi connectivity index (χ1n) is 5.36. The third kappa shape index (κ3) is 2.69. The Hall–Kier alpha value is -1.08. The fourth-order valence-electron chi connectivity index (χ4n) is 1.71. The molecule has 0 atom stereocenters. The summed E-state index contributed by atoms with van der Waals surface area (Å²) in [4.78, 5) is 2.75. The number of rotatable bonds is 1. The van der Waals surface area contributed by atoms with E-state index in [-0.39, 0.29) is 0 Å². The second-order valence-corrected chi connectivity index (χ2v) is 5.28. The van der Waals surface area contributed by atoms with Gasteiger partial charge in [-0.05, 0) is 44.4 Å². The molecule has 1 aliphatic carbocycles. The fourth-order valence-corrected chi connectivity index (χ4v) is 2.57. The molecule has 0 nitrogen and oxygen atoms in total. The van der Waals surface area contributed by atoms with Gasteiger partial charge in [0.15, 0.2) is 0 Å². The van der Waals surface area contributed by atoms with Gasteiger partial charge in [-0.15, -0.1) is 11.3 Å². The third-order valence-corrected chi connectivity index (χ3v) is 3.59. The van der Waals surface area contributed by atoms with Crippen LogP contribution in [-0.4, -0.2) is 0 Å². The second-order valence-electron chi connectivity index (χ2n) is 3.99. The fraction of sp³-hybridized carbons (Fsp3) is 0.286. The van der Waals surface area contributed by atoms with Crippen LogP contribution in [0.1, 0.15) is 29.5 Å². The normalized spacial score (nSPS) is 16.7. The highest BCUT2D eigenvalue weighted by Gasteiger charge is 2.02. The van der Waals surface area contributed by atoms with Crippen molar-refractivity contribution < 1.29 is 0 Å². The van der Waals surface area contributed by atoms with Crippen molar-refractivity contribution in [3.63, 3.8) is 0 Å². The van der Waals surface area contributed by atoms with Crippen LogP contribution in [0.15, 0.2) is 42.0 Å². The maximum absolute atomic E-state index is 2.31. The molecule has 0 aliphatic heterocycles. The monoisotopic (exact) mass is 216 g/mol. The average Bonchev–Trinajstić information content (AvgIpc) is 2.58. The molecule has 78 valence electrons. The lowest BCUT2D eigenvalue weighted by Gasteiger charge is -2.04. The Labute approximate surface area is 95.6 Å². The predicted molar refractivity (Wildman–Crippen MR) is 69.2 cm³/mol. The van der Waals surface area contributed by atoms with Crippen LogP contribution in [0.5, 0.6) is 0 Å². The molecule has 1 heteroatoms. The molecule has 1 aromatic heterocycles. The van der Waals surface area contributed by atoms with Crippen molar-refractivity contribution in [2.45, 2.75) is 26.7 Å². The molecule has 0 amide bonds. The van der Waals surface area contributed by atoms with E-state index in [9.17, 15) is 0 Å². The van der Waals surface area contributed by atoms with E-state index in [0.29, 0.717) is 0 Å². The quantitative estimate of drug-likeness (QED) is 0.636. The topological polar surface area (TPSA) is 0 Å². The SMILES string of the molecule is CC1=CC(c2ccc(C)s2)=CC=CCC1. The van der Waals surface area contributed by atoms with E-state index in [1.165, 1.54) is 27.3 Å². The van der Waals surface area contributed by atoms with Crippen LogP contribution < -0.4 is 0 Å². The Morgan fingerprint density at radius 1 is 1.20 bits per heavy atom. The maximum Gasteiger partial charge on any atom is 0.0345 e. The van der Waals surface area contributed by atoms with Gasteiger partial charge in [-0.1, -0.05) is 29.9 Å². The molecule has 0 aromatic carbocycles. The lowest BCUT2D eigenvalue weighted by Crippen LogP contribution is -1.82. The molecule has 0 saturated heterocycles. The minimum atomic E-state index is 1.16. The lowest BCUT2D eigenvalue weighted by atomic mass is 10.0. The summed E-state index contributed by atoms with van der Waals surface area (Å²) in [5.74, 6) is 0. The molecule has 0 radical (unpaired) electrons. The number of thiophene rings is 1. The van der Waals surface area contributed by atoms with Gasteiger partial charge >= 0.3 is 0 Å². The van der Waals surface area contributed by atoms with Gasteiger partial charge in [-0.25, -0.2) is 0 Å². The molecule has 0 fully saturated rings. The number of allylic oxidation sites excluding steroid dienone is 6. The summed E-state index contributed by atoms with van der Waals surface area (Å²) >= 11 is 1.87. The molecule has 0 N–H and O–H groups in total. The highest BCUT2D eigenvalue weighted by molar-refractivity contribution is 7.13. The van der Waals surface area contributed by atoms with Crippen molar-refractivity contribution in [3.05, 3.63) is 51.8 Å². The largest absolute Gasteiger partial charge is 0.141 e. The second kappa shape index (κ2) is 4.63. The number of hydrogen-bond donors (Lipinski definition) is 0. The molecule has 1 aromatic rings. The highest BCUT2D eigenvalue weighted by atomic mass is 32.1. The van der Waals surface area contributed by atoms with Crippen LogP contribution in [0.25, 0.3) is 5.57 Å². The number of aryl methyl sites for hydroxylation is 1. The van der Waals surface area contributed by atoms with Gasteiger partial charge in [0.2, 0.25) is 0 Å². The molecule has 15 heavy (non-hydrogen) atoms. The van der Waals surface area contributed by atoms with Crippen molar-refractivity contribution >= 4 is 16.9 Å². The van der Waals surface area contributed by atoms with E-state index in [1.807, 2.05) is 11.3 Å². The summed E-state index contributed by atoms with van der Waals surface area (Å²) in [5, 5.41) is 0. The minimum absolute atomic E-state index is 1.16. The highest BCUT2D eigenvalue weighted by Crippen LogP contribution is 2.27. The third-order valence-electron chi connectivity index (χ3n) is 2.54. The van der Waals surface area contributed by atoms with Crippen LogP contribution in [0.4, 0.5) is 0 Å². The van der Waals surface area contributed by atoms with E-state index >= 15 is 0 Å². The molecule has 1 aliphatic rings. The van der Waals surface area contributed by atoms with Crippen LogP contribution >= 0.6 is 11.3 Å².